The van der Waals surface area contributed by atoms with E-state index in [9.17, 15) is 0 Å². The average molecular weight is 253 g/mol. The van der Waals surface area contributed by atoms with Crippen LogP contribution in [0, 0.1) is 0 Å². The van der Waals surface area contributed by atoms with Gasteiger partial charge in [-0.2, -0.15) is 4.68 Å². The van der Waals surface area contributed by atoms with Crippen molar-refractivity contribution in [3.8, 4) is 5.69 Å². The van der Waals surface area contributed by atoms with E-state index in [0.29, 0.717) is 15.9 Å². The van der Waals surface area contributed by atoms with Crippen LogP contribution in [0.1, 0.15) is 0 Å². The number of halogens is 1. The zero-order valence-corrected chi connectivity index (χ0v) is 9.95. The van der Waals surface area contributed by atoms with Gasteiger partial charge >= 0.3 is 0 Å². The summed E-state index contributed by atoms with van der Waals surface area (Å²) in [6.45, 7) is 3.62. The highest BCUT2D eigenvalue weighted by atomic mass is 35.5. The van der Waals surface area contributed by atoms with E-state index in [1.807, 2.05) is 30.3 Å². The van der Waals surface area contributed by atoms with Crippen LogP contribution in [0.15, 0.2) is 47.1 Å². The number of nitrogens with zero attached hydrogens (tertiary/aromatic N) is 4. The standard InChI is InChI=1S/C10H9ClN4S/c1-8(11)7-16-10-12-13-14-15(10)9-5-3-2-4-6-9/h2-6H,1,7H2. The van der Waals surface area contributed by atoms with Crippen LogP contribution in [0.2, 0.25) is 0 Å². The van der Waals surface area contributed by atoms with Gasteiger partial charge in [-0.3, -0.25) is 0 Å². The molecule has 0 saturated carbocycles. The van der Waals surface area contributed by atoms with Crippen LogP contribution in [-0.4, -0.2) is 26.0 Å². The minimum atomic E-state index is 0.576. The maximum Gasteiger partial charge on any atom is 0.214 e. The quantitative estimate of drug-likeness (QED) is 0.785. The average Bonchev–Trinajstić information content (AvgIpc) is 2.75. The molecule has 1 aromatic heterocycles. The third-order valence-electron chi connectivity index (χ3n) is 1.80. The van der Waals surface area contributed by atoms with Gasteiger partial charge in [0.25, 0.3) is 0 Å². The third kappa shape index (κ3) is 2.62. The number of aromatic nitrogens is 4. The van der Waals surface area contributed by atoms with E-state index in [2.05, 4.69) is 22.1 Å². The molecule has 0 amide bonds. The topological polar surface area (TPSA) is 43.6 Å². The van der Waals surface area contributed by atoms with Crippen LogP contribution in [0.5, 0.6) is 0 Å². The molecule has 2 aromatic rings. The maximum atomic E-state index is 5.70. The second kappa shape index (κ2) is 5.14. The molecule has 82 valence electrons. The van der Waals surface area contributed by atoms with Gasteiger partial charge in [-0.15, -0.1) is 5.10 Å². The first kappa shape index (κ1) is 11.2. The summed E-state index contributed by atoms with van der Waals surface area (Å²) < 4.78 is 1.67. The molecule has 0 atom stereocenters. The Kier molecular flexibility index (Phi) is 3.58. The largest absolute Gasteiger partial charge is 0.214 e. The Balaban J connectivity index is 2.23. The van der Waals surface area contributed by atoms with Gasteiger partial charge in [0.1, 0.15) is 0 Å². The van der Waals surface area contributed by atoms with Crippen LogP contribution < -0.4 is 0 Å². The summed E-state index contributed by atoms with van der Waals surface area (Å²) in [7, 11) is 0. The van der Waals surface area contributed by atoms with Gasteiger partial charge in [-0.25, -0.2) is 0 Å². The van der Waals surface area contributed by atoms with Crippen molar-refractivity contribution < 1.29 is 0 Å². The van der Waals surface area contributed by atoms with E-state index in [-0.39, 0.29) is 0 Å². The molecule has 0 aliphatic carbocycles. The van der Waals surface area contributed by atoms with Crippen LogP contribution in [0.25, 0.3) is 5.69 Å². The van der Waals surface area contributed by atoms with Crippen LogP contribution in [0.4, 0.5) is 0 Å². The van der Waals surface area contributed by atoms with Crippen molar-refractivity contribution >= 4 is 23.4 Å². The zero-order valence-electron chi connectivity index (χ0n) is 8.38. The molecular weight excluding hydrogens is 244 g/mol. The predicted molar refractivity (Wildman–Crippen MR) is 64.9 cm³/mol. The van der Waals surface area contributed by atoms with E-state index in [1.54, 1.807) is 4.68 Å². The normalized spacial score (nSPS) is 10.3. The van der Waals surface area contributed by atoms with E-state index in [0.717, 1.165) is 5.69 Å². The molecule has 16 heavy (non-hydrogen) atoms. The molecule has 6 heteroatoms. The predicted octanol–water partition coefficient (Wildman–Crippen LogP) is 2.51. The number of hydrogen-bond donors (Lipinski definition) is 0. The summed E-state index contributed by atoms with van der Waals surface area (Å²) in [5, 5.41) is 12.8. The Morgan fingerprint density at radius 1 is 1.38 bits per heavy atom. The molecule has 0 N–H and O–H groups in total. The van der Waals surface area contributed by atoms with Crippen molar-refractivity contribution in [2.75, 3.05) is 5.75 Å². The molecule has 0 bridgehead atoms. The molecule has 1 aromatic carbocycles. The number of thioether (sulfide) groups is 1. The first-order chi connectivity index (χ1) is 7.77. The molecule has 0 radical (unpaired) electrons. The smallest absolute Gasteiger partial charge is 0.188 e. The summed E-state index contributed by atoms with van der Waals surface area (Å²) in [4.78, 5) is 0. The van der Waals surface area contributed by atoms with Crippen molar-refractivity contribution in [3.63, 3.8) is 0 Å². The van der Waals surface area contributed by atoms with Gasteiger partial charge in [0, 0.05) is 10.8 Å². The Morgan fingerprint density at radius 3 is 2.81 bits per heavy atom. The summed E-state index contributed by atoms with van der Waals surface area (Å²) >= 11 is 7.15. The van der Waals surface area contributed by atoms with Gasteiger partial charge in [0.2, 0.25) is 5.16 Å². The van der Waals surface area contributed by atoms with Crippen LogP contribution in [0.3, 0.4) is 0 Å². The molecule has 0 unspecified atom stereocenters. The van der Waals surface area contributed by atoms with Crippen molar-refractivity contribution in [1.29, 1.82) is 0 Å². The lowest BCUT2D eigenvalue weighted by atomic mass is 10.3. The fourth-order valence-electron chi connectivity index (χ4n) is 1.14. The highest BCUT2D eigenvalue weighted by Gasteiger charge is 2.08. The fourth-order valence-corrected chi connectivity index (χ4v) is 1.95. The highest BCUT2D eigenvalue weighted by molar-refractivity contribution is 7.99. The molecule has 0 aliphatic heterocycles. The molecule has 2 rings (SSSR count). The van der Waals surface area contributed by atoms with Crippen molar-refractivity contribution in [3.05, 3.63) is 41.9 Å². The summed E-state index contributed by atoms with van der Waals surface area (Å²) in [6.07, 6.45) is 0. The van der Waals surface area contributed by atoms with E-state index in [1.165, 1.54) is 11.8 Å². The van der Waals surface area contributed by atoms with E-state index in [4.69, 9.17) is 11.6 Å². The Morgan fingerprint density at radius 2 is 2.12 bits per heavy atom. The first-order valence-corrected chi connectivity index (χ1v) is 5.93. The van der Waals surface area contributed by atoms with E-state index >= 15 is 0 Å². The van der Waals surface area contributed by atoms with Crippen molar-refractivity contribution in [2.45, 2.75) is 5.16 Å². The number of tetrazole rings is 1. The minimum absolute atomic E-state index is 0.576. The number of benzene rings is 1. The summed E-state index contributed by atoms with van der Waals surface area (Å²) in [5.74, 6) is 0.592. The summed E-state index contributed by atoms with van der Waals surface area (Å²) in [6, 6.07) is 9.70. The van der Waals surface area contributed by atoms with Gasteiger partial charge in [-0.05, 0) is 22.6 Å². The van der Waals surface area contributed by atoms with Gasteiger partial charge in [-0.1, -0.05) is 48.1 Å². The second-order valence-corrected chi connectivity index (χ2v) is 4.49. The lowest BCUT2D eigenvalue weighted by Gasteiger charge is -2.02. The number of hydrogen-bond acceptors (Lipinski definition) is 4. The number of para-hydroxylation sites is 1. The SMILES string of the molecule is C=C(Cl)CSc1nnnn1-c1ccccc1. The Labute approximate surface area is 102 Å². The first-order valence-electron chi connectivity index (χ1n) is 4.57. The molecule has 1 heterocycles. The summed E-state index contributed by atoms with van der Waals surface area (Å²) in [5.41, 5.74) is 0.926. The molecular formula is C10H9ClN4S. The third-order valence-corrected chi connectivity index (χ3v) is 3.10. The molecule has 0 saturated heterocycles. The molecule has 4 nitrogen and oxygen atoms in total. The van der Waals surface area contributed by atoms with E-state index < -0.39 is 0 Å². The van der Waals surface area contributed by atoms with Crippen LogP contribution in [-0.2, 0) is 0 Å². The Bertz CT molecular complexity index is 483. The van der Waals surface area contributed by atoms with Gasteiger partial charge < -0.3 is 0 Å². The lowest BCUT2D eigenvalue weighted by molar-refractivity contribution is 0.757. The lowest BCUT2D eigenvalue weighted by Crippen LogP contribution is -1.98. The second-order valence-electron chi connectivity index (χ2n) is 3.01. The van der Waals surface area contributed by atoms with Gasteiger partial charge in [0.15, 0.2) is 0 Å². The minimum Gasteiger partial charge on any atom is -0.188 e. The maximum absolute atomic E-state index is 5.70. The van der Waals surface area contributed by atoms with Gasteiger partial charge in [0.05, 0.1) is 5.69 Å². The zero-order chi connectivity index (χ0) is 11.4. The molecule has 0 aliphatic rings. The number of rotatable bonds is 4. The Hall–Kier alpha value is -1.33. The highest BCUT2D eigenvalue weighted by Crippen LogP contribution is 2.20. The van der Waals surface area contributed by atoms with Crippen molar-refractivity contribution in [1.82, 2.24) is 20.2 Å². The monoisotopic (exact) mass is 252 g/mol. The molecule has 0 spiro atoms. The fraction of sp³-hybridized carbons (Fsp3) is 0.100. The van der Waals surface area contributed by atoms with Crippen LogP contribution >= 0.6 is 23.4 Å². The van der Waals surface area contributed by atoms with Crippen molar-refractivity contribution in [2.24, 2.45) is 0 Å². The molecule has 0 fully saturated rings.